The molecule has 0 aliphatic carbocycles. The van der Waals surface area contributed by atoms with Crippen molar-refractivity contribution in [3.05, 3.63) is 102 Å². The van der Waals surface area contributed by atoms with Crippen LogP contribution in [0.1, 0.15) is 33.6 Å². The summed E-state index contributed by atoms with van der Waals surface area (Å²) < 4.78 is 16.6. The highest BCUT2D eigenvalue weighted by Crippen LogP contribution is 2.25. The molecule has 1 aliphatic heterocycles. The largest absolute Gasteiger partial charge is 0.393 e. The molecule has 5 rings (SSSR count). The number of aliphatic hydroxyl groups excluding tert-OH is 1. The maximum Gasteiger partial charge on any atom is 0.257 e. The Kier molecular flexibility index (Phi) is 7.60. The summed E-state index contributed by atoms with van der Waals surface area (Å²) in [4.78, 5) is 27.2. The molecule has 8 nitrogen and oxygen atoms in total. The molecular formula is C30H30FN5O3. The highest BCUT2D eigenvalue weighted by molar-refractivity contribution is 6.05. The number of nitrogens with one attached hydrogen (secondary N) is 3. The predicted octanol–water partition coefficient (Wildman–Crippen LogP) is 5.37. The van der Waals surface area contributed by atoms with E-state index in [2.05, 4.69) is 20.9 Å². The van der Waals surface area contributed by atoms with Gasteiger partial charge in [0.25, 0.3) is 11.8 Å². The summed E-state index contributed by atoms with van der Waals surface area (Å²) in [5, 5.41) is 18.3. The molecule has 2 heterocycles. The Morgan fingerprint density at radius 3 is 2.08 bits per heavy atom. The van der Waals surface area contributed by atoms with Gasteiger partial charge in [-0.15, -0.1) is 0 Å². The number of benzene rings is 3. The summed E-state index contributed by atoms with van der Waals surface area (Å²) in [6.45, 7) is 1.56. The minimum Gasteiger partial charge on any atom is -0.393 e. The second-order valence-electron chi connectivity index (χ2n) is 9.64. The Labute approximate surface area is 226 Å². The lowest BCUT2D eigenvalue weighted by Gasteiger charge is -2.31. The van der Waals surface area contributed by atoms with Crippen molar-refractivity contribution in [2.75, 3.05) is 33.9 Å². The highest BCUT2D eigenvalue weighted by atomic mass is 19.1. The summed E-state index contributed by atoms with van der Waals surface area (Å²) in [6, 6.07) is 20.4. The number of halogens is 1. The van der Waals surface area contributed by atoms with Crippen LogP contribution in [0.5, 0.6) is 0 Å². The standard InChI is InChI=1S/C30H30FN5O3/c1-35-15-12-21(19-35)30(39)33-23-6-4-22(5-7-23)32-28-11-8-24(18-27(28)31)34-29(38)20-2-9-25(10-3-20)36-16-13-26(37)14-17-36/h2-12,15,18-19,26,32,37H,13-14,16-17H2,1H3,(H,33,39)(H,34,38). The van der Waals surface area contributed by atoms with Crippen LogP contribution in [-0.4, -0.2) is 40.7 Å². The van der Waals surface area contributed by atoms with E-state index in [-0.39, 0.29) is 23.6 Å². The molecule has 9 heteroatoms. The number of anilines is 5. The SMILES string of the molecule is Cn1ccc(C(=O)Nc2ccc(Nc3ccc(NC(=O)c4ccc(N5CCC(O)CC5)cc4)cc3F)cc2)c1. The lowest BCUT2D eigenvalue weighted by Crippen LogP contribution is -2.35. The molecule has 2 amide bonds. The molecule has 1 aliphatic rings. The molecule has 0 saturated carbocycles. The van der Waals surface area contributed by atoms with Crippen LogP contribution in [0.3, 0.4) is 0 Å². The van der Waals surface area contributed by atoms with Crippen molar-refractivity contribution in [3.63, 3.8) is 0 Å². The van der Waals surface area contributed by atoms with Gasteiger partial charge in [-0.05, 0) is 85.6 Å². The first-order valence-electron chi connectivity index (χ1n) is 12.8. The monoisotopic (exact) mass is 527 g/mol. The van der Waals surface area contributed by atoms with Crippen molar-refractivity contribution in [2.45, 2.75) is 18.9 Å². The predicted molar refractivity (Wildman–Crippen MR) is 151 cm³/mol. The first-order chi connectivity index (χ1) is 18.8. The molecule has 0 bridgehead atoms. The molecule has 0 spiro atoms. The Balaban J connectivity index is 1.16. The quantitative estimate of drug-likeness (QED) is 0.259. The first-order valence-corrected chi connectivity index (χ1v) is 12.8. The number of nitrogens with zero attached hydrogens (tertiary/aromatic N) is 2. The smallest absolute Gasteiger partial charge is 0.257 e. The summed E-state index contributed by atoms with van der Waals surface area (Å²) in [5.74, 6) is -1.06. The van der Waals surface area contributed by atoms with Gasteiger partial charge in [-0.2, -0.15) is 0 Å². The number of carbonyl (C=O) groups excluding carboxylic acids is 2. The van der Waals surface area contributed by atoms with E-state index in [1.165, 1.54) is 6.07 Å². The zero-order valence-electron chi connectivity index (χ0n) is 21.5. The van der Waals surface area contributed by atoms with Crippen molar-refractivity contribution in [3.8, 4) is 0 Å². The number of aromatic nitrogens is 1. The van der Waals surface area contributed by atoms with Crippen LogP contribution in [0.15, 0.2) is 85.2 Å². The van der Waals surface area contributed by atoms with Gasteiger partial charge in [0, 0.05) is 60.8 Å². The van der Waals surface area contributed by atoms with Crippen LogP contribution in [0, 0.1) is 5.82 Å². The number of amides is 2. The van der Waals surface area contributed by atoms with Gasteiger partial charge < -0.3 is 30.5 Å². The van der Waals surface area contributed by atoms with Crippen molar-refractivity contribution in [1.82, 2.24) is 4.57 Å². The average molecular weight is 528 g/mol. The molecule has 4 N–H and O–H groups in total. The zero-order chi connectivity index (χ0) is 27.4. The van der Waals surface area contributed by atoms with E-state index in [0.717, 1.165) is 31.6 Å². The summed E-state index contributed by atoms with van der Waals surface area (Å²) >= 11 is 0. The second-order valence-corrected chi connectivity index (χ2v) is 9.64. The highest BCUT2D eigenvalue weighted by Gasteiger charge is 2.18. The maximum absolute atomic E-state index is 14.8. The Morgan fingerprint density at radius 2 is 1.44 bits per heavy atom. The average Bonchev–Trinajstić information content (AvgIpc) is 3.38. The minimum absolute atomic E-state index is 0.210. The second kappa shape index (κ2) is 11.4. The molecule has 4 aromatic rings. The fourth-order valence-electron chi connectivity index (χ4n) is 4.48. The number of hydrogen-bond donors (Lipinski definition) is 4. The Morgan fingerprint density at radius 1 is 0.821 bits per heavy atom. The van der Waals surface area contributed by atoms with E-state index in [4.69, 9.17) is 0 Å². The van der Waals surface area contributed by atoms with Gasteiger partial charge in [0.05, 0.1) is 17.4 Å². The van der Waals surface area contributed by atoms with Crippen LogP contribution in [0.2, 0.25) is 0 Å². The zero-order valence-corrected chi connectivity index (χ0v) is 21.5. The van der Waals surface area contributed by atoms with Gasteiger partial charge in [-0.25, -0.2) is 4.39 Å². The van der Waals surface area contributed by atoms with E-state index < -0.39 is 5.82 Å². The number of aliphatic hydroxyl groups is 1. The first kappa shape index (κ1) is 26.0. The van der Waals surface area contributed by atoms with E-state index in [0.29, 0.717) is 28.2 Å². The third-order valence-electron chi connectivity index (χ3n) is 6.70. The Hall–Kier alpha value is -4.63. The van der Waals surface area contributed by atoms with Gasteiger partial charge in [0.2, 0.25) is 0 Å². The fourth-order valence-corrected chi connectivity index (χ4v) is 4.48. The molecule has 39 heavy (non-hydrogen) atoms. The molecule has 3 aromatic carbocycles. The van der Waals surface area contributed by atoms with E-state index >= 15 is 0 Å². The van der Waals surface area contributed by atoms with Crippen LogP contribution in [-0.2, 0) is 7.05 Å². The summed E-state index contributed by atoms with van der Waals surface area (Å²) in [7, 11) is 1.85. The van der Waals surface area contributed by atoms with Crippen molar-refractivity contribution >= 4 is 40.3 Å². The topological polar surface area (TPSA) is 98.6 Å². The van der Waals surface area contributed by atoms with E-state index in [9.17, 15) is 19.1 Å². The molecule has 1 aromatic heterocycles. The molecule has 200 valence electrons. The normalized spacial score (nSPS) is 13.7. The van der Waals surface area contributed by atoms with E-state index in [1.807, 2.05) is 19.2 Å². The van der Waals surface area contributed by atoms with Crippen LogP contribution >= 0.6 is 0 Å². The number of piperidine rings is 1. The van der Waals surface area contributed by atoms with Gasteiger partial charge in [0.1, 0.15) is 5.82 Å². The number of aryl methyl sites for hydroxylation is 1. The molecule has 0 atom stereocenters. The molecule has 0 radical (unpaired) electrons. The molecule has 0 unspecified atom stereocenters. The minimum atomic E-state index is -0.517. The van der Waals surface area contributed by atoms with Gasteiger partial charge in [-0.1, -0.05) is 0 Å². The molecule has 1 saturated heterocycles. The van der Waals surface area contributed by atoms with Crippen LogP contribution in [0.25, 0.3) is 0 Å². The number of rotatable bonds is 7. The van der Waals surface area contributed by atoms with E-state index in [1.54, 1.807) is 71.6 Å². The summed E-state index contributed by atoms with van der Waals surface area (Å²) in [5.41, 5.74) is 3.90. The number of carbonyl (C=O) groups is 2. The third-order valence-corrected chi connectivity index (χ3v) is 6.70. The lowest BCUT2D eigenvalue weighted by molar-refractivity contribution is 0.101. The van der Waals surface area contributed by atoms with Crippen LogP contribution < -0.4 is 20.9 Å². The van der Waals surface area contributed by atoms with Crippen molar-refractivity contribution in [1.29, 1.82) is 0 Å². The van der Waals surface area contributed by atoms with Crippen molar-refractivity contribution < 1.29 is 19.1 Å². The number of hydrogen-bond acceptors (Lipinski definition) is 5. The molecule has 1 fully saturated rings. The third kappa shape index (κ3) is 6.45. The Bertz CT molecular complexity index is 1460. The van der Waals surface area contributed by atoms with Gasteiger partial charge >= 0.3 is 0 Å². The lowest BCUT2D eigenvalue weighted by atomic mass is 10.1. The van der Waals surface area contributed by atoms with Gasteiger partial charge in [0.15, 0.2) is 0 Å². The van der Waals surface area contributed by atoms with Gasteiger partial charge in [-0.3, -0.25) is 9.59 Å². The summed E-state index contributed by atoms with van der Waals surface area (Å²) in [6.07, 6.45) is 4.76. The fraction of sp³-hybridized carbons (Fsp3) is 0.200. The molecular weight excluding hydrogens is 497 g/mol. The van der Waals surface area contributed by atoms with Crippen LogP contribution in [0.4, 0.5) is 32.8 Å². The van der Waals surface area contributed by atoms with Crippen molar-refractivity contribution in [2.24, 2.45) is 7.05 Å². The maximum atomic E-state index is 14.8.